The van der Waals surface area contributed by atoms with Crippen molar-refractivity contribution in [2.24, 2.45) is 59.2 Å². The monoisotopic (exact) mass is 639 g/mol. The van der Waals surface area contributed by atoms with Gasteiger partial charge in [-0.25, -0.2) is 0 Å². The van der Waals surface area contributed by atoms with Crippen molar-refractivity contribution in [3.05, 3.63) is 84.0 Å². The Hall–Kier alpha value is -3.56. The van der Waals surface area contributed by atoms with Gasteiger partial charge >= 0.3 is 7.05 Å². The van der Waals surface area contributed by atoms with Gasteiger partial charge in [-0.3, -0.25) is 29.0 Å². The molecule has 2 saturated heterocycles. The van der Waals surface area contributed by atoms with Gasteiger partial charge in [0.1, 0.15) is 0 Å². The van der Waals surface area contributed by atoms with Crippen molar-refractivity contribution in [1.29, 1.82) is 0 Å². The average molecular weight is 640 g/mol. The Morgan fingerprint density at radius 1 is 0.830 bits per heavy atom. The molecule has 4 fully saturated rings. The molecule has 0 aromatic heterocycles. The zero-order chi connectivity index (χ0) is 34.2. The minimum Gasteiger partial charge on any atom is -0.437 e. The van der Waals surface area contributed by atoms with Crippen LogP contribution >= 0.6 is 0 Å². The van der Waals surface area contributed by atoms with Crippen LogP contribution in [0.1, 0.15) is 39.7 Å². The molecular weight excluding hydrogens is 589 g/mol. The van der Waals surface area contributed by atoms with Gasteiger partial charge in [0.25, 0.3) is 0 Å². The number of carbonyl (C=O) groups is 4. The standard InChI is InChI=1S/C38H50BN3O5/c1-8-25-29(20-22(2)3)27(32-31(25)35(43)41(7)36(32)44)16-17-28-30(21-23(4)5)26(15-14-24-12-10-9-11-13-24)33-34(28)38(46)42(37(33)45)19-18-40-39(6)47/h8-13,16-17,20-23,25-28,31-34,40,47H,1,14-15,18-19H2,2-7H3/b17-16-,29-20?,30-21?/t25-,26+,27+,28-,31+,32-,33-,34+/m0/s1. The second-order valence-electron chi connectivity index (χ2n) is 14.4. The zero-order valence-electron chi connectivity index (χ0n) is 28.6. The lowest BCUT2D eigenvalue weighted by atomic mass is 9.84. The van der Waals surface area contributed by atoms with Crippen molar-refractivity contribution in [2.45, 2.75) is 47.4 Å². The summed E-state index contributed by atoms with van der Waals surface area (Å²) in [6.45, 7) is 14.6. The van der Waals surface area contributed by atoms with Crippen LogP contribution in [0.5, 0.6) is 0 Å². The van der Waals surface area contributed by atoms with E-state index >= 15 is 0 Å². The van der Waals surface area contributed by atoms with E-state index in [9.17, 15) is 24.2 Å². The number of allylic oxidation sites excluding steroid dienone is 7. The molecule has 5 rings (SSSR count). The summed E-state index contributed by atoms with van der Waals surface area (Å²) >= 11 is 0. The predicted molar refractivity (Wildman–Crippen MR) is 184 cm³/mol. The van der Waals surface area contributed by atoms with Crippen LogP contribution in [0.15, 0.2) is 78.4 Å². The molecule has 0 spiro atoms. The molecule has 2 saturated carbocycles. The number of hydrogen-bond donors (Lipinski definition) is 2. The van der Waals surface area contributed by atoms with E-state index in [-0.39, 0.29) is 65.7 Å². The van der Waals surface area contributed by atoms with E-state index in [2.05, 4.69) is 75.9 Å². The van der Waals surface area contributed by atoms with Crippen LogP contribution < -0.4 is 5.23 Å². The summed E-state index contributed by atoms with van der Waals surface area (Å²) in [5.74, 6) is -3.32. The van der Waals surface area contributed by atoms with E-state index in [0.29, 0.717) is 6.54 Å². The highest BCUT2D eigenvalue weighted by Gasteiger charge is 2.61. The van der Waals surface area contributed by atoms with Crippen LogP contribution in [0.4, 0.5) is 0 Å². The first-order valence-corrected chi connectivity index (χ1v) is 17.2. The van der Waals surface area contributed by atoms with E-state index in [1.165, 1.54) is 15.4 Å². The second-order valence-corrected chi connectivity index (χ2v) is 14.4. The summed E-state index contributed by atoms with van der Waals surface area (Å²) < 4.78 is 0. The molecular formula is C38H50BN3O5. The fourth-order valence-corrected chi connectivity index (χ4v) is 8.62. The number of rotatable bonds is 12. The number of likely N-dealkylation sites (tertiary alicyclic amines) is 2. The normalized spacial score (nSPS) is 32.3. The molecule has 0 radical (unpaired) electrons. The van der Waals surface area contributed by atoms with Crippen molar-refractivity contribution in [3.63, 3.8) is 0 Å². The second kappa shape index (κ2) is 14.3. The van der Waals surface area contributed by atoms with Crippen molar-refractivity contribution >= 4 is 30.7 Å². The number of fused-ring (bicyclic) bond motifs is 2. The molecule has 9 heteroatoms. The molecule has 0 bridgehead atoms. The van der Waals surface area contributed by atoms with E-state index in [1.807, 2.05) is 18.2 Å². The molecule has 8 nitrogen and oxygen atoms in total. The summed E-state index contributed by atoms with van der Waals surface area (Å²) in [7, 11) is 0.811. The average Bonchev–Trinajstić information content (AvgIpc) is 3.64. The lowest BCUT2D eigenvalue weighted by Crippen LogP contribution is -2.42. The summed E-state index contributed by atoms with van der Waals surface area (Å²) in [6.07, 6.45) is 11.8. The van der Waals surface area contributed by atoms with Crippen LogP contribution in [0.25, 0.3) is 0 Å². The number of carbonyl (C=O) groups excluding carboxylic acids is 4. The quantitative estimate of drug-likeness (QED) is 0.198. The van der Waals surface area contributed by atoms with Gasteiger partial charge in [0.15, 0.2) is 0 Å². The summed E-state index contributed by atoms with van der Waals surface area (Å²) in [5, 5.41) is 12.6. The number of aryl methyl sites for hydroxylation is 1. The van der Waals surface area contributed by atoms with Gasteiger partial charge in [-0.1, -0.05) is 99.6 Å². The summed E-state index contributed by atoms with van der Waals surface area (Å²) in [6, 6.07) is 10.2. The van der Waals surface area contributed by atoms with E-state index in [4.69, 9.17) is 0 Å². The minimum absolute atomic E-state index is 0.118. The number of amides is 4. The van der Waals surface area contributed by atoms with Gasteiger partial charge in [0.05, 0.1) is 23.7 Å². The Labute approximate surface area is 280 Å². The van der Waals surface area contributed by atoms with Gasteiger partial charge in [0, 0.05) is 37.9 Å². The van der Waals surface area contributed by atoms with Crippen LogP contribution in [0.2, 0.25) is 6.82 Å². The molecule has 2 N–H and O–H groups in total. The van der Waals surface area contributed by atoms with E-state index < -0.39 is 30.7 Å². The number of benzene rings is 1. The van der Waals surface area contributed by atoms with Gasteiger partial charge in [-0.05, 0) is 43.0 Å². The fourth-order valence-electron chi connectivity index (χ4n) is 8.62. The van der Waals surface area contributed by atoms with Crippen molar-refractivity contribution < 1.29 is 24.2 Å². The molecule has 250 valence electrons. The van der Waals surface area contributed by atoms with E-state index in [1.54, 1.807) is 19.9 Å². The van der Waals surface area contributed by atoms with Gasteiger partial charge in [-0.2, -0.15) is 0 Å². The minimum atomic E-state index is -0.746. The van der Waals surface area contributed by atoms with Crippen molar-refractivity contribution in [3.8, 4) is 0 Å². The van der Waals surface area contributed by atoms with Crippen LogP contribution in [0.3, 0.4) is 0 Å². The lowest BCUT2D eigenvalue weighted by molar-refractivity contribution is -0.141. The zero-order valence-corrected chi connectivity index (χ0v) is 28.6. The maximum atomic E-state index is 14.2. The Morgan fingerprint density at radius 3 is 1.94 bits per heavy atom. The number of nitrogens with one attached hydrogen (secondary N) is 1. The molecule has 1 aromatic rings. The van der Waals surface area contributed by atoms with E-state index in [0.717, 1.165) is 24.0 Å². The smallest absolute Gasteiger partial charge is 0.373 e. The van der Waals surface area contributed by atoms with Gasteiger partial charge in [0.2, 0.25) is 23.6 Å². The molecule has 2 heterocycles. The lowest BCUT2D eigenvalue weighted by Gasteiger charge is -2.24. The fraction of sp³-hybridized carbons (Fsp3) is 0.526. The predicted octanol–water partition coefficient (Wildman–Crippen LogP) is 4.55. The van der Waals surface area contributed by atoms with Crippen LogP contribution in [-0.4, -0.2) is 65.6 Å². The largest absolute Gasteiger partial charge is 0.437 e. The topological polar surface area (TPSA) is 107 Å². The first kappa shape index (κ1) is 34.8. The van der Waals surface area contributed by atoms with Gasteiger partial charge < -0.3 is 10.3 Å². The molecule has 0 unspecified atom stereocenters. The van der Waals surface area contributed by atoms with Gasteiger partial charge in [-0.15, -0.1) is 6.58 Å². The highest BCUT2D eigenvalue weighted by molar-refractivity contribution is 6.45. The Bertz CT molecular complexity index is 1480. The molecule has 47 heavy (non-hydrogen) atoms. The molecule has 2 aliphatic heterocycles. The molecule has 4 amide bonds. The first-order valence-electron chi connectivity index (χ1n) is 17.2. The number of imide groups is 2. The first-order chi connectivity index (χ1) is 22.4. The Kier molecular flexibility index (Phi) is 10.6. The van der Waals surface area contributed by atoms with Crippen LogP contribution in [-0.2, 0) is 25.6 Å². The summed E-state index contributed by atoms with van der Waals surface area (Å²) in [4.78, 5) is 57.7. The van der Waals surface area contributed by atoms with Crippen molar-refractivity contribution in [2.75, 3.05) is 20.1 Å². The summed E-state index contributed by atoms with van der Waals surface area (Å²) in [5.41, 5.74) is 3.33. The van der Waals surface area contributed by atoms with Crippen LogP contribution in [0, 0.1) is 59.2 Å². The molecule has 1 aromatic carbocycles. The highest BCUT2D eigenvalue weighted by Crippen LogP contribution is 2.55. The highest BCUT2D eigenvalue weighted by atomic mass is 16.2. The Balaban J connectivity index is 1.56. The number of hydrogen-bond acceptors (Lipinski definition) is 6. The molecule has 2 aliphatic carbocycles. The third-order valence-electron chi connectivity index (χ3n) is 10.5. The SMILES string of the molecule is C=C[C@H]1C(=CC(C)C)[C@@H](/C=C\[C@H]2C(=CC(C)C)[C@@H](CCc3ccccc3)[C@@H]3C(=O)N(CCNB(C)O)C(=O)[C@@H]32)[C@@H]2C(=O)N(C)C(=O)[C@@H]21. The maximum absolute atomic E-state index is 14.2. The maximum Gasteiger partial charge on any atom is 0.373 e. The molecule has 8 atom stereocenters. The third kappa shape index (κ3) is 6.62. The molecule has 4 aliphatic rings. The van der Waals surface area contributed by atoms with Crippen molar-refractivity contribution in [1.82, 2.24) is 15.0 Å². The Morgan fingerprint density at radius 2 is 1.36 bits per heavy atom. The number of nitrogens with zero attached hydrogens (tertiary/aromatic N) is 2. The third-order valence-corrected chi connectivity index (χ3v) is 10.5.